The van der Waals surface area contributed by atoms with Crippen molar-refractivity contribution in [2.24, 2.45) is 17.8 Å². The van der Waals surface area contributed by atoms with Crippen LogP contribution in [0.3, 0.4) is 0 Å². The first-order valence-electron chi connectivity index (χ1n) is 21.1. The number of nitrogens with one attached hydrogen (secondary N) is 3. The summed E-state index contributed by atoms with van der Waals surface area (Å²) >= 11 is 4.38. The number of nitrogens with zero attached hydrogens (tertiary/aromatic N) is 5. The number of halogens is 1. The zero-order valence-corrected chi connectivity index (χ0v) is 43.0. The minimum absolute atomic E-state index is 0. The van der Waals surface area contributed by atoms with Crippen LogP contribution in [0.1, 0.15) is 80.1 Å². The van der Waals surface area contributed by atoms with Gasteiger partial charge in [-0.25, -0.2) is 19.2 Å². The largest absolute Gasteiger partial charge is 0.480 e. The fourth-order valence-electron chi connectivity index (χ4n) is 6.72. The number of hydrogen-bond donors (Lipinski definition) is 4. The summed E-state index contributed by atoms with van der Waals surface area (Å²) in [6.07, 6.45) is 7.67. The van der Waals surface area contributed by atoms with Crippen molar-refractivity contribution in [2.75, 3.05) is 14.1 Å². The van der Waals surface area contributed by atoms with Crippen LogP contribution in [0, 0.1) is 17.8 Å². The highest BCUT2D eigenvalue weighted by molar-refractivity contribution is 14.0. The summed E-state index contributed by atoms with van der Waals surface area (Å²) in [7, 11) is 3.34. The van der Waals surface area contributed by atoms with Crippen molar-refractivity contribution < 1.29 is 33.8 Å². The SMILES string of the molecule is C.CC(C)[C@H](NC(=O)N(C)Cc1cncs1)C(=O)C[C@@H](CC[C@@H](Cc1ccccc1)NC(=O)OCc1cncs1)Cc1ccccc1.CC(C)[C@H](NC(=O)N(C)Cc1cncs1)C(=O)O.I.[B]. The lowest BCUT2D eigenvalue weighted by Crippen LogP contribution is -2.49. The van der Waals surface area contributed by atoms with Gasteiger partial charge in [0.25, 0.3) is 0 Å². The van der Waals surface area contributed by atoms with E-state index in [1.54, 1.807) is 68.0 Å². The number of carbonyl (C=O) groups is 5. The lowest BCUT2D eigenvalue weighted by molar-refractivity contribution is -0.140. The fourth-order valence-corrected chi connectivity index (χ4v) is 8.52. The number of carboxylic acids is 1. The van der Waals surface area contributed by atoms with Crippen LogP contribution in [-0.4, -0.2) is 100 Å². The molecule has 20 heteroatoms. The first-order valence-corrected chi connectivity index (χ1v) is 23.7. The van der Waals surface area contributed by atoms with Crippen molar-refractivity contribution in [3.8, 4) is 0 Å². The molecule has 0 aliphatic rings. The van der Waals surface area contributed by atoms with E-state index in [4.69, 9.17) is 9.84 Å². The summed E-state index contributed by atoms with van der Waals surface area (Å²) in [6, 6.07) is 17.8. The lowest BCUT2D eigenvalue weighted by Gasteiger charge is -2.27. The van der Waals surface area contributed by atoms with Crippen molar-refractivity contribution in [3.05, 3.63) is 122 Å². The van der Waals surface area contributed by atoms with Crippen molar-refractivity contribution >= 4 is 96.3 Å². The maximum Gasteiger partial charge on any atom is 0.407 e. The third-order valence-electron chi connectivity index (χ3n) is 10.2. The number of Topliss-reactive ketones (excluding diaryl/α,β-unsaturated/α-hetero) is 1. The van der Waals surface area contributed by atoms with Crippen LogP contribution >= 0.6 is 58.0 Å². The molecule has 4 N–H and O–H groups in total. The fraction of sp³-hybridized carbons (Fsp3) is 0.447. The van der Waals surface area contributed by atoms with Gasteiger partial charge in [0.15, 0.2) is 5.78 Å². The van der Waals surface area contributed by atoms with Crippen LogP contribution in [0.4, 0.5) is 14.4 Å². The number of carbonyl (C=O) groups excluding carboxylic acids is 4. The Morgan fingerprint density at radius 1 is 0.657 bits per heavy atom. The molecule has 0 fully saturated rings. The summed E-state index contributed by atoms with van der Waals surface area (Å²) < 4.78 is 5.49. The van der Waals surface area contributed by atoms with Gasteiger partial charge in [-0.05, 0) is 54.6 Å². The van der Waals surface area contributed by atoms with Crippen LogP contribution in [0.2, 0.25) is 0 Å². The van der Waals surface area contributed by atoms with E-state index in [0.29, 0.717) is 45.2 Å². The molecule has 15 nitrogen and oxygen atoms in total. The summed E-state index contributed by atoms with van der Waals surface area (Å²) in [5.41, 5.74) is 7.39. The van der Waals surface area contributed by atoms with Crippen LogP contribution in [-0.2, 0) is 46.9 Å². The Kier molecular flexibility index (Phi) is 28.6. The monoisotopic (exact) mass is 1090 g/mol. The van der Waals surface area contributed by atoms with E-state index >= 15 is 0 Å². The first kappa shape index (κ1) is 60.1. The molecule has 3 radical (unpaired) electrons. The molecule has 363 valence electrons. The number of aliphatic carboxylic acids is 1. The number of alkyl carbamates (subject to hydrolysis) is 1. The molecular weight excluding hydrogens is 1020 g/mol. The van der Waals surface area contributed by atoms with Crippen molar-refractivity contribution in [1.29, 1.82) is 0 Å². The van der Waals surface area contributed by atoms with Crippen LogP contribution in [0.15, 0.2) is 95.8 Å². The maximum absolute atomic E-state index is 13.8. The Balaban J connectivity index is 0.000000905. The second-order valence-corrected chi connectivity index (χ2v) is 19.1. The number of thiazole rings is 3. The summed E-state index contributed by atoms with van der Waals surface area (Å²) in [5, 5.41) is 17.6. The molecule has 0 bridgehead atoms. The second-order valence-electron chi connectivity index (χ2n) is 16.2. The summed E-state index contributed by atoms with van der Waals surface area (Å²) in [6.45, 7) is 8.42. The Morgan fingerprint density at radius 3 is 1.54 bits per heavy atom. The summed E-state index contributed by atoms with van der Waals surface area (Å²) in [4.78, 5) is 80.4. The summed E-state index contributed by atoms with van der Waals surface area (Å²) in [5.74, 6) is -1.25. The molecular formula is C47H65BIN8O7S3. The molecule has 5 aromatic rings. The molecule has 3 heterocycles. The van der Waals surface area contributed by atoms with E-state index in [1.165, 1.54) is 38.9 Å². The first-order chi connectivity index (χ1) is 30.7. The number of benzene rings is 2. The molecule has 0 unspecified atom stereocenters. The van der Waals surface area contributed by atoms with Crippen molar-refractivity contribution in [2.45, 2.75) is 105 Å². The third-order valence-corrected chi connectivity index (χ3v) is 12.5. The van der Waals surface area contributed by atoms with Gasteiger partial charge in [-0.3, -0.25) is 19.7 Å². The number of rotatable bonds is 22. The van der Waals surface area contributed by atoms with Gasteiger partial charge >= 0.3 is 24.1 Å². The van der Waals surface area contributed by atoms with E-state index in [1.807, 2.05) is 62.4 Å². The molecule has 5 rings (SSSR count). The topological polar surface area (TPSA) is 196 Å². The minimum atomic E-state index is -1.02. The molecule has 3 aromatic heterocycles. The van der Waals surface area contributed by atoms with Gasteiger partial charge in [0.1, 0.15) is 12.6 Å². The molecule has 0 saturated heterocycles. The Labute approximate surface area is 426 Å². The van der Waals surface area contributed by atoms with Crippen molar-refractivity contribution in [3.63, 3.8) is 0 Å². The maximum atomic E-state index is 13.8. The Morgan fingerprint density at radius 2 is 1.10 bits per heavy atom. The quantitative estimate of drug-likeness (QED) is 0.0383. The highest BCUT2D eigenvalue weighted by atomic mass is 127. The van der Waals surface area contributed by atoms with Crippen LogP contribution in [0.25, 0.3) is 0 Å². The number of ketones is 1. The number of ether oxygens (including phenoxy) is 1. The standard InChI is InChI=1S/C35H43N5O4S2.C11H17N3O3S.CH4.B.HI/c1-25(2)33(39-34(42)40(3)21-30-19-36-23-45-30)32(41)18-28(16-26-10-6-4-7-11-26)14-15-29(17-27-12-8-5-9-13-27)38-35(43)44-22-31-20-37-24-46-31;1-7(2)9(10(15)16)13-11(17)14(3)5-8-4-12-6-18-8;;;/h4-13,19-20,23-25,28-29,33H,14-18,21-22H2,1-3H3,(H,38,43)(H,39,42);4,6-7,9H,5H2,1-3H3,(H,13,17)(H,15,16);1H4;;1H/t28-,29-,33-;9-;;;/m00.../s1. The Hall–Kier alpha value is -4.93. The predicted molar refractivity (Wildman–Crippen MR) is 279 cm³/mol. The number of carboxylic acid groups (broad SMARTS) is 1. The van der Waals surface area contributed by atoms with Gasteiger partial charge in [0.2, 0.25) is 0 Å². The smallest absolute Gasteiger partial charge is 0.407 e. The van der Waals surface area contributed by atoms with Gasteiger partial charge in [-0.2, -0.15) is 0 Å². The normalized spacial score (nSPS) is 12.2. The molecule has 4 atom stereocenters. The van der Waals surface area contributed by atoms with Gasteiger partial charge in [0.05, 0.1) is 40.5 Å². The average Bonchev–Trinajstić information content (AvgIpc) is 4.09. The number of urea groups is 2. The van der Waals surface area contributed by atoms with Crippen LogP contribution in [0.5, 0.6) is 0 Å². The van der Waals surface area contributed by atoms with Crippen molar-refractivity contribution in [1.82, 2.24) is 40.7 Å². The van der Waals surface area contributed by atoms with Gasteiger partial charge in [-0.1, -0.05) is 95.8 Å². The van der Waals surface area contributed by atoms with E-state index in [0.717, 1.165) is 25.8 Å². The Bertz CT molecular complexity index is 2140. The number of aromatic nitrogens is 3. The third kappa shape index (κ3) is 22.2. The minimum Gasteiger partial charge on any atom is -0.480 e. The number of hydrogen-bond acceptors (Lipinski definition) is 12. The number of amides is 5. The van der Waals surface area contributed by atoms with Gasteiger partial charge in [-0.15, -0.1) is 58.0 Å². The van der Waals surface area contributed by atoms with E-state index in [2.05, 4.69) is 43.0 Å². The van der Waals surface area contributed by atoms with E-state index in [9.17, 15) is 24.0 Å². The van der Waals surface area contributed by atoms with E-state index < -0.39 is 30.2 Å². The molecule has 0 aliphatic heterocycles. The van der Waals surface area contributed by atoms with Crippen LogP contribution < -0.4 is 16.0 Å². The van der Waals surface area contributed by atoms with Gasteiger partial charge < -0.3 is 35.6 Å². The molecule has 5 amide bonds. The predicted octanol–water partition coefficient (Wildman–Crippen LogP) is 9.17. The molecule has 2 aromatic carbocycles. The zero-order valence-electron chi connectivity index (χ0n) is 38.2. The second kappa shape index (κ2) is 31.9. The van der Waals surface area contributed by atoms with Gasteiger partial charge in [0, 0.05) is 63.3 Å². The zero-order chi connectivity index (χ0) is 46.4. The lowest BCUT2D eigenvalue weighted by atomic mass is 9.85. The molecule has 67 heavy (non-hydrogen) atoms. The highest BCUT2D eigenvalue weighted by Crippen LogP contribution is 2.23. The highest BCUT2D eigenvalue weighted by Gasteiger charge is 2.29. The molecule has 0 spiro atoms. The molecule has 0 saturated carbocycles. The average molecular weight is 1090 g/mol. The molecule has 0 aliphatic carbocycles. The van der Waals surface area contributed by atoms with E-state index in [-0.39, 0.29) is 82.0 Å².